The number of hydrogen-bond acceptors (Lipinski definition) is 2. The summed E-state index contributed by atoms with van der Waals surface area (Å²) in [7, 11) is 0. The summed E-state index contributed by atoms with van der Waals surface area (Å²) < 4.78 is 0. The maximum absolute atomic E-state index is 3.80. The highest BCUT2D eigenvalue weighted by molar-refractivity contribution is 4.81. The van der Waals surface area contributed by atoms with E-state index in [1.165, 1.54) is 39.0 Å². The van der Waals surface area contributed by atoms with Crippen LogP contribution in [0.2, 0.25) is 0 Å². The molecule has 0 saturated carbocycles. The van der Waals surface area contributed by atoms with Gasteiger partial charge in [-0.1, -0.05) is 26.3 Å². The third kappa shape index (κ3) is 4.35. The molecule has 0 aromatic rings. The molecule has 1 aliphatic heterocycles. The van der Waals surface area contributed by atoms with Gasteiger partial charge in [0.1, 0.15) is 0 Å². The quantitative estimate of drug-likeness (QED) is 0.700. The van der Waals surface area contributed by atoms with E-state index in [9.17, 15) is 0 Å². The van der Waals surface area contributed by atoms with Crippen molar-refractivity contribution in [2.45, 2.75) is 39.2 Å². The number of rotatable bonds is 5. The van der Waals surface area contributed by atoms with Crippen LogP contribution in [0.5, 0.6) is 0 Å². The van der Waals surface area contributed by atoms with Crippen molar-refractivity contribution in [3.8, 4) is 0 Å². The lowest BCUT2D eigenvalue weighted by atomic mass is 9.99. The molecule has 0 aliphatic carbocycles. The second kappa shape index (κ2) is 7.02. The summed E-state index contributed by atoms with van der Waals surface area (Å²) in [6, 6.07) is 0.683. The minimum absolute atomic E-state index is 0.683. The van der Waals surface area contributed by atoms with Crippen LogP contribution in [0.15, 0.2) is 12.7 Å². The Hall–Kier alpha value is -0.340. The molecular formula is C13H26N2. The second-order valence-corrected chi connectivity index (χ2v) is 4.68. The van der Waals surface area contributed by atoms with Crippen molar-refractivity contribution in [3.05, 3.63) is 12.7 Å². The molecule has 15 heavy (non-hydrogen) atoms. The Morgan fingerprint density at radius 1 is 1.60 bits per heavy atom. The average Bonchev–Trinajstić information content (AvgIpc) is 2.50. The van der Waals surface area contributed by atoms with Crippen LogP contribution in [-0.4, -0.2) is 37.1 Å². The highest BCUT2D eigenvalue weighted by Crippen LogP contribution is 2.12. The van der Waals surface area contributed by atoms with Gasteiger partial charge in [0.25, 0.3) is 0 Å². The van der Waals surface area contributed by atoms with E-state index in [1.54, 1.807) is 0 Å². The van der Waals surface area contributed by atoms with Crippen LogP contribution in [-0.2, 0) is 0 Å². The molecule has 1 rings (SSSR count). The van der Waals surface area contributed by atoms with Crippen LogP contribution >= 0.6 is 0 Å². The predicted molar refractivity (Wildman–Crippen MR) is 67.1 cm³/mol. The fraction of sp³-hybridized carbons (Fsp3) is 0.846. The normalized spacial score (nSPS) is 25.9. The molecule has 1 saturated heterocycles. The van der Waals surface area contributed by atoms with Crippen molar-refractivity contribution in [1.29, 1.82) is 0 Å². The molecule has 1 N–H and O–H groups in total. The van der Waals surface area contributed by atoms with Crippen LogP contribution in [0, 0.1) is 5.92 Å². The first-order valence-electron chi connectivity index (χ1n) is 6.34. The summed E-state index contributed by atoms with van der Waals surface area (Å²) in [6.07, 6.45) is 5.70. The monoisotopic (exact) mass is 210 g/mol. The van der Waals surface area contributed by atoms with Crippen molar-refractivity contribution in [2.75, 3.05) is 26.2 Å². The molecule has 1 fully saturated rings. The van der Waals surface area contributed by atoms with Gasteiger partial charge in [-0.2, -0.15) is 0 Å². The van der Waals surface area contributed by atoms with Gasteiger partial charge < -0.3 is 10.2 Å². The molecule has 2 nitrogen and oxygen atoms in total. The number of nitrogens with zero attached hydrogens (tertiary/aromatic N) is 1. The molecule has 0 aromatic carbocycles. The second-order valence-electron chi connectivity index (χ2n) is 4.68. The van der Waals surface area contributed by atoms with Gasteiger partial charge >= 0.3 is 0 Å². The molecule has 2 unspecified atom stereocenters. The van der Waals surface area contributed by atoms with Gasteiger partial charge in [-0.25, -0.2) is 0 Å². The highest BCUT2D eigenvalue weighted by Gasteiger charge is 2.20. The van der Waals surface area contributed by atoms with E-state index in [0.29, 0.717) is 6.04 Å². The first-order chi connectivity index (χ1) is 7.27. The minimum Gasteiger partial charge on any atom is -0.312 e. The van der Waals surface area contributed by atoms with Crippen molar-refractivity contribution in [3.63, 3.8) is 0 Å². The molecule has 1 heterocycles. The smallest absolute Gasteiger partial charge is 0.0220 e. The SMILES string of the molecule is C=CCCN1CCCNC(C(C)CC)C1. The van der Waals surface area contributed by atoms with Crippen LogP contribution in [0.1, 0.15) is 33.1 Å². The summed E-state index contributed by atoms with van der Waals surface area (Å²) in [5.74, 6) is 0.786. The standard InChI is InChI=1S/C13H26N2/c1-4-6-9-15-10-7-8-14-13(11-15)12(3)5-2/h4,12-14H,1,5-11H2,2-3H3. The summed E-state index contributed by atoms with van der Waals surface area (Å²) in [6.45, 7) is 13.2. The molecule has 0 bridgehead atoms. The molecule has 1 aliphatic rings. The Bertz CT molecular complexity index is 179. The molecule has 0 aromatic heterocycles. The first-order valence-corrected chi connectivity index (χ1v) is 6.34. The van der Waals surface area contributed by atoms with Gasteiger partial charge in [-0.3, -0.25) is 0 Å². The van der Waals surface area contributed by atoms with Gasteiger partial charge in [-0.15, -0.1) is 6.58 Å². The Balaban J connectivity index is 2.41. The molecule has 0 radical (unpaired) electrons. The van der Waals surface area contributed by atoms with E-state index in [4.69, 9.17) is 0 Å². The Morgan fingerprint density at radius 3 is 3.07 bits per heavy atom. The summed E-state index contributed by atoms with van der Waals surface area (Å²) in [5.41, 5.74) is 0. The number of hydrogen-bond donors (Lipinski definition) is 1. The number of nitrogens with one attached hydrogen (secondary N) is 1. The average molecular weight is 210 g/mol. The predicted octanol–water partition coefficient (Wildman–Crippen LogP) is 2.27. The van der Waals surface area contributed by atoms with Crippen molar-refractivity contribution < 1.29 is 0 Å². The zero-order valence-corrected chi connectivity index (χ0v) is 10.3. The lowest BCUT2D eigenvalue weighted by molar-refractivity contribution is 0.242. The largest absolute Gasteiger partial charge is 0.312 e. The van der Waals surface area contributed by atoms with Gasteiger partial charge in [0.2, 0.25) is 0 Å². The maximum Gasteiger partial charge on any atom is 0.0220 e. The molecule has 2 atom stereocenters. The van der Waals surface area contributed by atoms with Crippen molar-refractivity contribution in [2.24, 2.45) is 5.92 Å². The van der Waals surface area contributed by atoms with Crippen LogP contribution < -0.4 is 5.32 Å². The van der Waals surface area contributed by atoms with Gasteiger partial charge in [0, 0.05) is 19.1 Å². The van der Waals surface area contributed by atoms with Crippen molar-refractivity contribution >= 4 is 0 Å². The Labute approximate surface area is 94.7 Å². The molecule has 0 amide bonds. The van der Waals surface area contributed by atoms with E-state index in [2.05, 4.69) is 30.6 Å². The van der Waals surface area contributed by atoms with Gasteiger partial charge in [0.05, 0.1) is 0 Å². The first kappa shape index (κ1) is 12.7. The summed E-state index contributed by atoms with van der Waals surface area (Å²) in [5, 5.41) is 3.67. The fourth-order valence-electron chi connectivity index (χ4n) is 2.17. The van der Waals surface area contributed by atoms with E-state index >= 15 is 0 Å². The molecule has 88 valence electrons. The zero-order chi connectivity index (χ0) is 11.1. The van der Waals surface area contributed by atoms with Gasteiger partial charge in [0.15, 0.2) is 0 Å². The molecule has 2 heteroatoms. The highest BCUT2D eigenvalue weighted by atomic mass is 15.2. The Morgan fingerprint density at radius 2 is 2.40 bits per heavy atom. The fourth-order valence-corrected chi connectivity index (χ4v) is 2.17. The van der Waals surface area contributed by atoms with E-state index in [0.717, 1.165) is 12.3 Å². The zero-order valence-electron chi connectivity index (χ0n) is 10.3. The lowest BCUT2D eigenvalue weighted by Crippen LogP contribution is -2.42. The lowest BCUT2D eigenvalue weighted by Gasteiger charge is -2.27. The van der Waals surface area contributed by atoms with E-state index in [-0.39, 0.29) is 0 Å². The molecular weight excluding hydrogens is 184 g/mol. The van der Waals surface area contributed by atoms with Crippen LogP contribution in [0.3, 0.4) is 0 Å². The summed E-state index contributed by atoms with van der Waals surface area (Å²) in [4.78, 5) is 2.58. The topological polar surface area (TPSA) is 15.3 Å². The third-order valence-corrected chi connectivity index (χ3v) is 3.49. The Kier molecular flexibility index (Phi) is 5.96. The van der Waals surface area contributed by atoms with E-state index in [1.807, 2.05) is 6.08 Å². The van der Waals surface area contributed by atoms with Crippen LogP contribution in [0.25, 0.3) is 0 Å². The van der Waals surface area contributed by atoms with Crippen LogP contribution in [0.4, 0.5) is 0 Å². The summed E-state index contributed by atoms with van der Waals surface area (Å²) >= 11 is 0. The van der Waals surface area contributed by atoms with Crippen molar-refractivity contribution in [1.82, 2.24) is 10.2 Å². The molecule has 0 spiro atoms. The minimum atomic E-state index is 0.683. The third-order valence-electron chi connectivity index (χ3n) is 3.49. The van der Waals surface area contributed by atoms with E-state index < -0.39 is 0 Å². The van der Waals surface area contributed by atoms with Gasteiger partial charge in [-0.05, 0) is 31.8 Å². The maximum atomic E-state index is 3.80.